The zero-order chi connectivity index (χ0) is 19.1. The topological polar surface area (TPSA) is 65.7 Å². The summed E-state index contributed by atoms with van der Waals surface area (Å²) >= 11 is 5.81. The van der Waals surface area contributed by atoms with E-state index in [2.05, 4.69) is 0 Å². The van der Waals surface area contributed by atoms with Crippen LogP contribution in [0.1, 0.15) is 16.9 Å². The van der Waals surface area contributed by atoms with Crippen molar-refractivity contribution >= 4 is 17.6 Å². The monoisotopic (exact) mass is 384 g/mol. The van der Waals surface area contributed by atoms with Crippen LogP contribution in [-0.4, -0.2) is 5.97 Å². The molecule has 6 heteroatoms. The molecule has 0 spiro atoms. The summed E-state index contributed by atoms with van der Waals surface area (Å²) in [6, 6.07) is 17.7. The summed E-state index contributed by atoms with van der Waals surface area (Å²) in [4.78, 5) is 24.0. The van der Waals surface area contributed by atoms with Crippen LogP contribution in [0, 0.1) is 0 Å². The molecule has 1 heterocycles. The van der Waals surface area contributed by atoms with Gasteiger partial charge in [0, 0.05) is 11.1 Å². The molecule has 3 rings (SSSR count). The lowest BCUT2D eigenvalue weighted by atomic mass is 10.1. The summed E-state index contributed by atoms with van der Waals surface area (Å²) in [6.45, 7) is 0.141. The highest BCUT2D eigenvalue weighted by atomic mass is 35.5. The third kappa shape index (κ3) is 5.72. The fraction of sp³-hybridized carbons (Fsp3) is 0.143. The van der Waals surface area contributed by atoms with E-state index in [0.29, 0.717) is 5.02 Å². The zero-order valence-electron chi connectivity index (χ0n) is 14.4. The highest BCUT2D eigenvalue weighted by Crippen LogP contribution is 2.12. The smallest absolute Gasteiger partial charge is 0.310 e. The Morgan fingerprint density at radius 3 is 2.41 bits per heavy atom. The van der Waals surface area contributed by atoms with Crippen molar-refractivity contribution in [2.75, 3.05) is 0 Å². The molecule has 0 saturated carbocycles. The van der Waals surface area contributed by atoms with Crippen LogP contribution in [0.5, 0.6) is 5.75 Å². The molecule has 1 aromatic heterocycles. The van der Waals surface area contributed by atoms with E-state index in [4.69, 9.17) is 25.5 Å². The first kappa shape index (κ1) is 18.7. The van der Waals surface area contributed by atoms with Crippen LogP contribution in [0.25, 0.3) is 0 Å². The normalized spacial score (nSPS) is 10.4. The van der Waals surface area contributed by atoms with Crippen molar-refractivity contribution in [2.45, 2.75) is 19.6 Å². The number of hydrogen-bond donors (Lipinski definition) is 0. The summed E-state index contributed by atoms with van der Waals surface area (Å²) in [6.07, 6.45) is 1.34. The number of benzene rings is 2. The molecule has 0 bridgehead atoms. The fourth-order valence-corrected chi connectivity index (χ4v) is 2.45. The van der Waals surface area contributed by atoms with E-state index >= 15 is 0 Å². The Kier molecular flexibility index (Phi) is 6.28. The number of esters is 1. The molecule has 0 atom stereocenters. The van der Waals surface area contributed by atoms with Crippen molar-refractivity contribution in [3.63, 3.8) is 0 Å². The van der Waals surface area contributed by atoms with Gasteiger partial charge in [-0.1, -0.05) is 54.1 Å². The summed E-state index contributed by atoms with van der Waals surface area (Å²) in [5.74, 6) is -0.0732. The zero-order valence-corrected chi connectivity index (χ0v) is 15.1. The first-order chi connectivity index (χ1) is 13.1. The lowest BCUT2D eigenvalue weighted by Crippen LogP contribution is -2.11. The second-order valence-corrected chi connectivity index (χ2v) is 6.25. The Labute approximate surface area is 161 Å². The average molecular weight is 385 g/mol. The van der Waals surface area contributed by atoms with Gasteiger partial charge in [0.1, 0.15) is 25.2 Å². The van der Waals surface area contributed by atoms with Gasteiger partial charge in [-0.3, -0.25) is 9.59 Å². The van der Waals surface area contributed by atoms with E-state index < -0.39 is 5.97 Å². The van der Waals surface area contributed by atoms with Gasteiger partial charge in [-0.05, 0) is 23.3 Å². The Balaban J connectivity index is 1.52. The maximum atomic E-state index is 12.1. The van der Waals surface area contributed by atoms with E-state index in [0.717, 1.165) is 11.1 Å². The van der Waals surface area contributed by atoms with Crippen molar-refractivity contribution in [1.29, 1.82) is 0 Å². The van der Waals surface area contributed by atoms with Crippen LogP contribution >= 0.6 is 11.6 Å². The van der Waals surface area contributed by atoms with Crippen molar-refractivity contribution in [3.8, 4) is 5.75 Å². The van der Waals surface area contributed by atoms with Gasteiger partial charge >= 0.3 is 5.97 Å². The standard InChI is InChI=1S/C21H17ClO5/c22-17-8-6-15(7-9-17)10-21(24)27-13-18-11-19(23)20(14-25-18)26-12-16-4-2-1-3-5-16/h1-9,11,14H,10,12-13H2. The predicted molar refractivity (Wildman–Crippen MR) is 101 cm³/mol. The van der Waals surface area contributed by atoms with E-state index in [1.165, 1.54) is 12.3 Å². The van der Waals surface area contributed by atoms with Crippen LogP contribution < -0.4 is 10.2 Å². The quantitative estimate of drug-likeness (QED) is 0.572. The van der Waals surface area contributed by atoms with E-state index in [9.17, 15) is 9.59 Å². The Morgan fingerprint density at radius 1 is 0.963 bits per heavy atom. The average Bonchev–Trinajstić information content (AvgIpc) is 2.68. The van der Waals surface area contributed by atoms with Crippen molar-refractivity contribution in [2.24, 2.45) is 0 Å². The number of hydrogen-bond acceptors (Lipinski definition) is 5. The molecule has 138 valence electrons. The van der Waals surface area contributed by atoms with Crippen LogP contribution in [0.4, 0.5) is 0 Å². The second kappa shape index (κ2) is 9.05. The lowest BCUT2D eigenvalue weighted by Gasteiger charge is -2.07. The lowest BCUT2D eigenvalue weighted by molar-refractivity contribution is -0.144. The van der Waals surface area contributed by atoms with Gasteiger partial charge in [-0.2, -0.15) is 0 Å². The van der Waals surface area contributed by atoms with E-state index in [1.807, 2.05) is 30.3 Å². The first-order valence-electron chi connectivity index (χ1n) is 8.28. The van der Waals surface area contributed by atoms with Crippen LogP contribution in [0.2, 0.25) is 5.02 Å². The molecule has 0 radical (unpaired) electrons. The SMILES string of the molecule is O=C(Cc1ccc(Cl)cc1)OCc1cc(=O)c(OCc2ccccc2)co1. The Bertz CT molecular complexity index is 948. The molecular formula is C21H17ClO5. The minimum atomic E-state index is -0.427. The van der Waals surface area contributed by atoms with Gasteiger partial charge in [0.25, 0.3) is 0 Å². The van der Waals surface area contributed by atoms with Gasteiger partial charge in [0.05, 0.1) is 6.42 Å². The highest BCUT2D eigenvalue weighted by molar-refractivity contribution is 6.30. The van der Waals surface area contributed by atoms with Crippen LogP contribution in [0.15, 0.2) is 76.1 Å². The molecule has 0 aliphatic rings. The summed E-state index contributed by atoms with van der Waals surface area (Å²) in [7, 11) is 0. The third-order valence-electron chi connectivity index (χ3n) is 3.73. The van der Waals surface area contributed by atoms with Crippen LogP contribution in [-0.2, 0) is 29.2 Å². The molecular weight excluding hydrogens is 368 g/mol. The minimum Gasteiger partial charge on any atom is -0.482 e. The van der Waals surface area contributed by atoms with Crippen molar-refractivity contribution in [3.05, 3.63) is 99.1 Å². The Morgan fingerprint density at radius 2 is 1.70 bits per heavy atom. The second-order valence-electron chi connectivity index (χ2n) is 5.81. The number of rotatable bonds is 7. The number of halogens is 1. The molecule has 0 fully saturated rings. The van der Waals surface area contributed by atoms with Crippen molar-refractivity contribution < 1.29 is 18.7 Å². The summed E-state index contributed by atoms with van der Waals surface area (Å²) in [5, 5.41) is 0.600. The molecule has 27 heavy (non-hydrogen) atoms. The fourth-order valence-electron chi connectivity index (χ4n) is 2.33. The molecule has 3 aromatic rings. The summed E-state index contributed by atoms with van der Waals surface area (Å²) < 4.78 is 15.9. The molecule has 0 N–H and O–H groups in total. The maximum absolute atomic E-state index is 12.1. The van der Waals surface area contributed by atoms with Gasteiger partial charge < -0.3 is 13.9 Å². The molecule has 0 saturated heterocycles. The Hall–Kier alpha value is -3.05. The largest absolute Gasteiger partial charge is 0.482 e. The van der Waals surface area contributed by atoms with E-state index in [-0.39, 0.29) is 36.6 Å². The van der Waals surface area contributed by atoms with Crippen molar-refractivity contribution in [1.82, 2.24) is 0 Å². The molecule has 0 aliphatic carbocycles. The molecule has 5 nitrogen and oxygen atoms in total. The number of carbonyl (C=O) groups excluding carboxylic acids is 1. The first-order valence-corrected chi connectivity index (χ1v) is 8.66. The highest BCUT2D eigenvalue weighted by Gasteiger charge is 2.09. The van der Waals surface area contributed by atoms with Gasteiger partial charge in [0.15, 0.2) is 0 Å². The maximum Gasteiger partial charge on any atom is 0.310 e. The predicted octanol–water partition coefficient (Wildman–Crippen LogP) is 4.16. The number of ether oxygens (including phenoxy) is 2. The van der Waals surface area contributed by atoms with Gasteiger partial charge in [0.2, 0.25) is 11.2 Å². The molecule has 0 unspecified atom stereocenters. The molecule has 0 aliphatic heterocycles. The summed E-state index contributed by atoms with van der Waals surface area (Å²) in [5.41, 5.74) is 1.40. The molecule has 0 amide bonds. The van der Waals surface area contributed by atoms with Gasteiger partial charge in [-0.15, -0.1) is 0 Å². The number of carbonyl (C=O) groups is 1. The molecule has 2 aromatic carbocycles. The van der Waals surface area contributed by atoms with Gasteiger partial charge in [-0.25, -0.2) is 0 Å². The minimum absolute atomic E-state index is 0.107. The van der Waals surface area contributed by atoms with E-state index in [1.54, 1.807) is 24.3 Å². The van der Waals surface area contributed by atoms with Crippen LogP contribution in [0.3, 0.4) is 0 Å². The third-order valence-corrected chi connectivity index (χ3v) is 3.98.